The Morgan fingerprint density at radius 3 is 2.37 bits per heavy atom. The van der Waals surface area contributed by atoms with Crippen molar-refractivity contribution in [2.45, 2.75) is 40.2 Å². The standard InChI is InChI=1S/C14H22N2O2S/c1-9(2)12-6-5-11(19-12)7-15-13(17)8-16-14(18)10(3)4/h5-6,9-10H,7-8H2,1-4H3,(H,15,17)(H,16,18). The predicted molar refractivity (Wildman–Crippen MR) is 78.1 cm³/mol. The lowest BCUT2D eigenvalue weighted by Gasteiger charge is -2.07. The summed E-state index contributed by atoms with van der Waals surface area (Å²) in [6, 6.07) is 4.13. The highest BCUT2D eigenvalue weighted by Gasteiger charge is 2.09. The van der Waals surface area contributed by atoms with Crippen LogP contribution in [0.2, 0.25) is 0 Å². The van der Waals surface area contributed by atoms with Gasteiger partial charge in [0.2, 0.25) is 11.8 Å². The van der Waals surface area contributed by atoms with Crippen molar-refractivity contribution < 1.29 is 9.59 Å². The van der Waals surface area contributed by atoms with Gasteiger partial charge in [0, 0.05) is 15.7 Å². The second-order valence-electron chi connectivity index (χ2n) is 5.11. The summed E-state index contributed by atoms with van der Waals surface area (Å²) in [5.41, 5.74) is 0. The molecular weight excluding hydrogens is 260 g/mol. The maximum absolute atomic E-state index is 11.6. The van der Waals surface area contributed by atoms with Gasteiger partial charge in [0.15, 0.2) is 0 Å². The van der Waals surface area contributed by atoms with Crippen LogP contribution >= 0.6 is 11.3 Å². The average molecular weight is 282 g/mol. The van der Waals surface area contributed by atoms with Crippen molar-refractivity contribution in [3.8, 4) is 0 Å². The predicted octanol–water partition coefficient (Wildman–Crippen LogP) is 2.26. The molecule has 1 rings (SSSR count). The lowest BCUT2D eigenvalue weighted by Crippen LogP contribution is -2.38. The smallest absolute Gasteiger partial charge is 0.239 e. The van der Waals surface area contributed by atoms with Crippen LogP contribution in [0, 0.1) is 5.92 Å². The molecule has 0 atom stereocenters. The summed E-state index contributed by atoms with van der Waals surface area (Å²) in [4.78, 5) is 25.3. The Kier molecular flexibility index (Phi) is 6.02. The van der Waals surface area contributed by atoms with Crippen molar-refractivity contribution in [1.29, 1.82) is 0 Å². The minimum atomic E-state index is -0.159. The van der Waals surface area contributed by atoms with Gasteiger partial charge in [-0.1, -0.05) is 27.7 Å². The molecule has 0 saturated carbocycles. The van der Waals surface area contributed by atoms with E-state index in [1.807, 2.05) is 6.07 Å². The molecule has 2 N–H and O–H groups in total. The molecule has 0 aromatic carbocycles. The topological polar surface area (TPSA) is 58.2 Å². The van der Waals surface area contributed by atoms with Crippen LogP contribution in [0.5, 0.6) is 0 Å². The average Bonchev–Trinajstić information content (AvgIpc) is 2.82. The molecule has 0 fully saturated rings. The molecule has 0 unspecified atom stereocenters. The summed E-state index contributed by atoms with van der Waals surface area (Å²) in [6.45, 7) is 8.46. The van der Waals surface area contributed by atoms with Crippen molar-refractivity contribution in [3.05, 3.63) is 21.9 Å². The molecule has 0 radical (unpaired) electrons. The van der Waals surface area contributed by atoms with Crippen molar-refractivity contribution in [3.63, 3.8) is 0 Å². The van der Waals surface area contributed by atoms with E-state index in [1.54, 1.807) is 25.2 Å². The maximum atomic E-state index is 11.6. The van der Waals surface area contributed by atoms with Gasteiger partial charge in [0.05, 0.1) is 13.1 Å². The van der Waals surface area contributed by atoms with E-state index in [2.05, 4.69) is 30.5 Å². The van der Waals surface area contributed by atoms with E-state index in [1.165, 1.54) is 4.88 Å². The third-order valence-corrected chi connectivity index (χ3v) is 4.04. The molecule has 2 amide bonds. The fourth-order valence-electron chi connectivity index (χ4n) is 1.42. The first-order chi connectivity index (χ1) is 8.90. The summed E-state index contributed by atoms with van der Waals surface area (Å²) in [6.07, 6.45) is 0. The number of thiophene rings is 1. The maximum Gasteiger partial charge on any atom is 0.239 e. The van der Waals surface area contributed by atoms with E-state index in [9.17, 15) is 9.59 Å². The molecule has 19 heavy (non-hydrogen) atoms. The third-order valence-electron chi connectivity index (χ3n) is 2.66. The summed E-state index contributed by atoms with van der Waals surface area (Å²) >= 11 is 1.71. The van der Waals surface area contributed by atoms with Gasteiger partial charge in [0.1, 0.15) is 0 Å². The highest BCUT2D eigenvalue weighted by Crippen LogP contribution is 2.23. The van der Waals surface area contributed by atoms with Gasteiger partial charge in [0.25, 0.3) is 0 Å². The zero-order valence-corrected chi connectivity index (χ0v) is 12.8. The second-order valence-corrected chi connectivity index (χ2v) is 6.31. The Hall–Kier alpha value is -1.36. The summed E-state index contributed by atoms with van der Waals surface area (Å²) < 4.78 is 0. The first kappa shape index (κ1) is 15.7. The molecule has 4 nitrogen and oxygen atoms in total. The molecule has 1 heterocycles. The zero-order chi connectivity index (χ0) is 14.4. The van der Waals surface area contributed by atoms with Crippen LogP contribution in [0.4, 0.5) is 0 Å². The molecular formula is C14H22N2O2S. The molecule has 0 aliphatic carbocycles. The van der Waals surface area contributed by atoms with Crippen molar-refractivity contribution in [1.82, 2.24) is 10.6 Å². The summed E-state index contributed by atoms with van der Waals surface area (Å²) in [7, 11) is 0. The highest BCUT2D eigenvalue weighted by molar-refractivity contribution is 7.12. The normalized spacial score (nSPS) is 10.8. The first-order valence-electron chi connectivity index (χ1n) is 6.53. The van der Waals surface area contributed by atoms with Gasteiger partial charge in [-0.3, -0.25) is 9.59 Å². The van der Waals surface area contributed by atoms with E-state index in [0.29, 0.717) is 12.5 Å². The van der Waals surface area contributed by atoms with Crippen LogP contribution in [0.15, 0.2) is 12.1 Å². The van der Waals surface area contributed by atoms with Crippen LogP contribution in [-0.2, 0) is 16.1 Å². The van der Waals surface area contributed by atoms with E-state index < -0.39 is 0 Å². The lowest BCUT2D eigenvalue weighted by molar-refractivity contribution is -0.127. The van der Waals surface area contributed by atoms with Gasteiger partial charge in [-0.25, -0.2) is 0 Å². The van der Waals surface area contributed by atoms with Crippen LogP contribution in [0.1, 0.15) is 43.4 Å². The number of nitrogens with one attached hydrogen (secondary N) is 2. The largest absolute Gasteiger partial charge is 0.350 e. The van der Waals surface area contributed by atoms with E-state index in [4.69, 9.17) is 0 Å². The lowest BCUT2D eigenvalue weighted by atomic mass is 10.2. The molecule has 0 aliphatic heterocycles. The van der Waals surface area contributed by atoms with Crippen LogP contribution in [0.3, 0.4) is 0 Å². The number of amides is 2. The quantitative estimate of drug-likeness (QED) is 0.841. The zero-order valence-electron chi connectivity index (χ0n) is 11.9. The fraction of sp³-hybridized carbons (Fsp3) is 0.571. The number of rotatable bonds is 6. The van der Waals surface area contributed by atoms with Gasteiger partial charge in [-0.15, -0.1) is 11.3 Å². The molecule has 0 bridgehead atoms. The van der Waals surface area contributed by atoms with Gasteiger partial charge < -0.3 is 10.6 Å². The third kappa shape index (κ3) is 5.42. The highest BCUT2D eigenvalue weighted by atomic mass is 32.1. The Morgan fingerprint density at radius 1 is 1.16 bits per heavy atom. The number of hydrogen-bond donors (Lipinski definition) is 2. The van der Waals surface area contributed by atoms with E-state index >= 15 is 0 Å². The van der Waals surface area contributed by atoms with E-state index in [0.717, 1.165) is 4.88 Å². The summed E-state index contributed by atoms with van der Waals surface area (Å²) in [5.74, 6) is 0.153. The monoisotopic (exact) mass is 282 g/mol. The Bertz CT molecular complexity index is 438. The second kappa shape index (κ2) is 7.28. The molecule has 1 aromatic heterocycles. The van der Waals surface area contributed by atoms with Crippen LogP contribution in [-0.4, -0.2) is 18.4 Å². The SMILES string of the molecule is CC(C)C(=O)NCC(=O)NCc1ccc(C(C)C)s1. The van der Waals surface area contributed by atoms with Crippen LogP contribution < -0.4 is 10.6 Å². The van der Waals surface area contributed by atoms with Gasteiger partial charge >= 0.3 is 0 Å². The van der Waals surface area contributed by atoms with Crippen molar-refractivity contribution in [2.75, 3.05) is 6.54 Å². The Morgan fingerprint density at radius 2 is 1.84 bits per heavy atom. The molecule has 106 valence electrons. The number of carbonyl (C=O) groups is 2. The van der Waals surface area contributed by atoms with Crippen LogP contribution in [0.25, 0.3) is 0 Å². The molecule has 5 heteroatoms. The van der Waals surface area contributed by atoms with Gasteiger partial charge in [-0.05, 0) is 18.1 Å². The molecule has 0 aliphatic rings. The number of hydrogen-bond acceptors (Lipinski definition) is 3. The molecule has 0 spiro atoms. The van der Waals surface area contributed by atoms with Gasteiger partial charge in [-0.2, -0.15) is 0 Å². The first-order valence-corrected chi connectivity index (χ1v) is 7.34. The van der Waals surface area contributed by atoms with Crippen molar-refractivity contribution >= 4 is 23.2 Å². The molecule has 1 aromatic rings. The fourth-order valence-corrected chi connectivity index (χ4v) is 2.37. The Labute approximate surface area is 118 Å². The van der Waals surface area contributed by atoms with E-state index in [-0.39, 0.29) is 24.3 Å². The molecule has 0 saturated heterocycles. The van der Waals surface area contributed by atoms with Crippen molar-refractivity contribution in [2.24, 2.45) is 5.92 Å². The minimum absolute atomic E-state index is 0.0411. The minimum Gasteiger partial charge on any atom is -0.350 e. The number of carbonyl (C=O) groups excluding carboxylic acids is 2. The Balaban J connectivity index is 2.31. The summed E-state index contributed by atoms with van der Waals surface area (Å²) in [5, 5.41) is 5.40.